The van der Waals surface area contributed by atoms with Gasteiger partial charge in [-0.05, 0) is 40.8 Å². The maximum absolute atomic E-state index is 5.60. The Morgan fingerprint density at radius 2 is 2.36 bits per heavy atom. The van der Waals surface area contributed by atoms with Gasteiger partial charge in [0.1, 0.15) is 12.4 Å². The molecular formula is C10H8INOS. The molecule has 0 unspecified atom stereocenters. The van der Waals surface area contributed by atoms with Gasteiger partial charge in [0.05, 0.1) is 10.4 Å². The number of ether oxygens (including phenoxy) is 1. The Labute approximate surface area is 100 Å². The molecule has 0 amide bonds. The third kappa shape index (κ3) is 2.68. The summed E-state index contributed by atoms with van der Waals surface area (Å²) in [5.41, 5.74) is 1.81. The van der Waals surface area contributed by atoms with Crippen LogP contribution in [0.2, 0.25) is 0 Å². The molecule has 0 aliphatic carbocycles. The van der Waals surface area contributed by atoms with E-state index in [1.807, 2.05) is 36.0 Å². The monoisotopic (exact) mass is 317 g/mol. The lowest BCUT2D eigenvalue weighted by Gasteiger charge is -2.03. The molecule has 0 fully saturated rings. The van der Waals surface area contributed by atoms with E-state index in [4.69, 9.17) is 4.74 Å². The normalized spacial score (nSPS) is 10.1. The van der Waals surface area contributed by atoms with Crippen LogP contribution in [-0.2, 0) is 6.61 Å². The fourth-order valence-corrected chi connectivity index (χ4v) is 2.04. The van der Waals surface area contributed by atoms with Crippen LogP contribution in [0.15, 0.2) is 36.0 Å². The van der Waals surface area contributed by atoms with Gasteiger partial charge in [0.15, 0.2) is 0 Å². The number of hydrogen-bond acceptors (Lipinski definition) is 3. The van der Waals surface area contributed by atoms with E-state index >= 15 is 0 Å². The van der Waals surface area contributed by atoms with Crippen molar-refractivity contribution in [2.75, 3.05) is 0 Å². The maximum atomic E-state index is 5.60. The first-order chi connectivity index (χ1) is 6.84. The number of halogens is 1. The highest BCUT2D eigenvalue weighted by molar-refractivity contribution is 14.1. The highest BCUT2D eigenvalue weighted by Crippen LogP contribution is 2.17. The lowest BCUT2D eigenvalue weighted by atomic mass is 10.3. The van der Waals surface area contributed by atoms with Gasteiger partial charge in [0.2, 0.25) is 0 Å². The zero-order valence-corrected chi connectivity index (χ0v) is 10.3. The van der Waals surface area contributed by atoms with E-state index < -0.39 is 0 Å². The van der Waals surface area contributed by atoms with Crippen LogP contribution in [0.25, 0.3) is 0 Å². The van der Waals surface area contributed by atoms with Crippen LogP contribution in [0.4, 0.5) is 0 Å². The summed E-state index contributed by atoms with van der Waals surface area (Å²) in [6.07, 6.45) is 1.83. The van der Waals surface area contributed by atoms with Crippen molar-refractivity contribution in [3.63, 3.8) is 0 Å². The largest absolute Gasteiger partial charge is 0.488 e. The number of aromatic nitrogens is 1. The smallest absolute Gasteiger partial charge is 0.124 e. The van der Waals surface area contributed by atoms with E-state index in [0.717, 1.165) is 10.6 Å². The molecule has 1 aromatic heterocycles. The summed E-state index contributed by atoms with van der Waals surface area (Å²) < 4.78 is 6.78. The van der Waals surface area contributed by atoms with Crippen molar-refractivity contribution in [1.29, 1.82) is 0 Å². The average molecular weight is 317 g/mol. The Bertz CT molecular complexity index is 402. The Balaban J connectivity index is 1.98. The number of benzene rings is 1. The second-order valence-electron chi connectivity index (χ2n) is 2.71. The minimum absolute atomic E-state index is 0.602. The van der Waals surface area contributed by atoms with Gasteiger partial charge in [0.25, 0.3) is 0 Å². The van der Waals surface area contributed by atoms with Crippen molar-refractivity contribution >= 4 is 33.9 Å². The molecule has 0 atom stereocenters. The summed E-state index contributed by atoms with van der Waals surface area (Å²) in [5.74, 6) is 0.908. The Morgan fingerprint density at radius 1 is 1.43 bits per heavy atom. The zero-order valence-electron chi connectivity index (χ0n) is 7.31. The molecule has 2 nitrogen and oxygen atoms in total. The van der Waals surface area contributed by atoms with E-state index in [1.165, 1.54) is 3.57 Å². The molecule has 0 saturated carbocycles. The minimum atomic E-state index is 0.602. The third-order valence-electron chi connectivity index (χ3n) is 1.66. The molecule has 0 aliphatic rings. The van der Waals surface area contributed by atoms with Crippen molar-refractivity contribution in [3.05, 3.63) is 44.4 Å². The van der Waals surface area contributed by atoms with Gasteiger partial charge in [-0.15, -0.1) is 11.3 Å². The first kappa shape index (κ1) is 9.92. The Morgan fingerprint density at radius 3 is 3.07 bits per heavy atom. The quantitative estimate of drug-likeness (QED) is 0.810. The molecule has 4 heteroatoms. The van der Waals surface area contributed by atoms with Crippen molar-refractivity contribution < 1.29 is 4.74 Å². The van der Waals surface area contributed by atoms with Crippen LogP contribution < -0.4 is 4.74 Å². The van der Waals surface area contributed by atoms with Crippen LogP contribution in [0.3, 0.4) is 0 Å². The summed E-state index contributed by atoms with van der Waals surface area (Å²) in [5, 5.41) is 0. The first-order valence-corrected chi connectivity index (χ1v) is 6.06. The molecule has 14 heavy (non-hydrogen) atoms. The number of nitrogens with zero attached hydrogens (tertiary/aromatic N) is 1. The molecule has 0 radical (unpaired) electrons. The molecule has 2 rings (SSSR count). The topological polar surface area (TPSA) is 22.1 Å². The van der Waals surface area contributed by atoms with Gasteiger partial charge in [-0.25, -0.2) is 0 Å². The molecular weight excluding hydrogens is 309 g/mol. The standard InChI is InChI=1S/C10H8INOS/c11-8-2-1-3-9(4-8)13-6-10-5-12-7-14-10/h1-5,7H,6H2. The van der Waals surface area contributed by atoms with Crippen LogP contribution in [0, 0.1) is 3.57 Å². The molecule has 0 saturated heterocycles. The van der Waals surface area contributed by atoms with E-state index in [1.54, 1.807) is 11.3 Å². The molecule has 2 aromatic rings. The predicted octanol–water partition coefficient (Wildman–Crippen LogP) is 3.33. The van der Waals surface area contributed by atoms with Gasteiger partial charge in [-0.3, -0.25) is 4.98 Å². The molecule has 0 N–H and O–H groups in total. The predicted molar refractivity (Wildman–Crippen MR) is 65.6 cm³/mol. The molecule has 1 heterocycles. The van der Waals surface area contributed by atoms with E-state index in [9.17, 15) is 0 Å². The van der Waals surface area contributed by atoms with Gasteiger partial charge in [0, 0.05) is 9.77 Å². The Hall–Kier alpha value is -0.620. The third-order valence-corrected chi connectivity index (χ3v) is 3.08. The summed E-state index contributed by atoms with van der Waals surface area (Å²) >= 11 is 3.88. The molecule has 72 valence electrons. The number of rotatable bonds is 3. The first-order valence-electron chi connectivity index (χ1n) is 4.10. The second kappa shape index (κ2) is 4.75. The van der Waals surface area contributed by atoms with E-state index in [0.29, 0.717) is 6.61 Å². The average Bonchev–Trinajstić information content (AvgIpc) is 2.67. The summed E-state index contributed by atoms with van der Waals surface area (Å²) in [6, 6.07) is 8.01. The van der Waals surface area contributed by atoms with Crippen LogP contribution in [0.5, 0.6) is 5.75 Å². The Kier molecular flexibility index (Phi) is 3.36. The van der Waals surface area contributed by atoms with Crippen molar-refractivity contribution in [2.24, 2.45) is 0 Å². The molecule has 0 spiro atoms. The lowest BCUT2D eigenvalue weighted by molar-refractivity contribution is 0.309. The lowest BCUT2D eigenvalue weighted by Crippen LogP contribution is -1.92. The fourth-order valence-electron chi connectivity index (χ4n) is 1.02. The highest BCUT2D eigenvalue weighted by atomic mass is 127. The summed E-state index contributed by atoms with van der Waals surface area (Å²) in [6.45, 7) is 0.602. The van der Waals surface area contributed by atoms with Crippen molar-refractivity contribution in [1.82, 2.24) is 4.98 Å². The van der Waals surface area contributed by atoms with Gasteiger partial charge in [-0.1, -0.05) is 6.07 Å². The molecule has 1 aromatic carbocycles. The molecule has 0 bridgehead atoms. The SMILES string of the molecule is Ic1cccc(OCc2cncs2)c1. The van der Waals surface area contributed by atoms with Gasteiger partial charge < -0.3 is 4.74 Å². The zero-order chi connectivity index (χ0) is 9.80. The minimum Gasteiger partial charge on any atom is -0.488 e. The fraction of sp³-hybridized carbons (Fsp3) is 0.100. The van der Waals surface area contributed by atoms with Crippen LogP contribution in [-0.4, -0.2) is 4.98 Å². The second-order valence-corrected chi connectivity index (χ2v) is 4.93. The summed E-state index contributed by atoms with van der Waals surface area (Å²) in [4.78, 5) is 5.13. The van der Waals surface area contributed by atoms with Crippen LogP contribution in [0.1, 0.15) is 4.88 Å². The van der Waals surface area contributed by atoms with E-state index in [-0.39, 0.29) is 0 Å². The molecule has 0 aliphatic heterocycles. The highest BCUT2D eigenvalue weighted by Gasteiger charge is 1.97. The van der Waals surface area contributed by atoms with E-state index in [2.05, 4.69) is 27.6 Å². The van der Waals surface area contributed by atoms with Gasteiger partial charge >= 0.3 is 0 Å². The van der Waals surface area contributed by atoms with Crippen molar-refractivity contribution in [2.45, 2.75) is 6.61 Å². The van der Waals surface area contributed by atoms with Crippen molar-refractivity contribution in [3.8, 4) is 5.75 Å². The maximum Gasteiger partial charge on any atom is 0.124 e. The van der Waals surface area contributed by atoms with Crippen LogP contribution >= 0.6 is 33.9 Å². The van der Waals surface area contributed by atoms with Gasteiger partial charge in [-0.2, -0.15) is 0 Å². The number of hydrogen-bond donors (Lipinski definition) is 0. The summed E-state index contributed by atoms with van der Waals surface area (Å²) in [7, 11) is 0. The number of thiazole rings is 1.